The Morgan fingerprint density at radius 1 is 1.40 bits per heavy atom. The van der Waals surface area contributed by atoms with E-state index in [9.17, 15) is 0 Å². The molecule has 0 bridgehead atoms. The molecule has 0 aliphatic carbocycles. The number of piperazine rings is 1. The first-order valence-electron chi connectivity index (χ1n) is 10.9. The number of aliphatic imine (C=N–C) groups is 1. The van der Waals surface area contributed by atoms with Gasteiger partial charge >= 0.3 is 0 Å². The Balaban J connectivity index is 0.00000155. The molecule has 2 saturated heterocycles. The van der Waals surface area contributed by atoms with Gasteiger partial charge in [0.05, 0.1) is 18.0 Å². The number of hydrogen-bond donors (Lipinski definition) is 1. The molecule has 30 heavy (non-hydrogen) atoms. The maximum Gasteiger partial charge on any atom is 0.189 e. The number of nitrogens with one attached hydrogen (secondary N) is 1. The lowest BCUT2D eigenvalue weighted by Gasteiger charge is -2.40. The summed E-state index contributed by atoms with van der Waals surface area (Å²) in [6.07, 6.45) is 13.0. The predicted molar refractivity (Wildman–Crippen MR) is 136 cm³/mol. The van der Waals surface area contributed by atoms with E-state index in [1.54, 1.807) is 0 Å². The fourth-order valence-corrected chi connectivity index (χ4v) is 4.16. The van der Waals surface area contributed by atoms with Gasteiger partial charge in [-0.15, -0.1) is 9.24 Å². The van der Waals surface area contributed by atoms with Crippen LogP contribution in [0.5, 0.6) is 0 Å². The highest BCUT2D eigenvalue weighted by atomic mass is 32.1. The molecule has 0 spiro atoms. The smallest absolute Gasteiger partial charge is 0.189 e. The highest BCUT2D eigenvalue weighted by Gasteiger charge is 2.32. The van der Waals surface area contributed by atoms with E-state index >= 15 is 0 Å². The Hall–Kier alpha value is -1.40. The molecule has 3 aliphatic heterocycles. The van der Waals surface area contributed by atoms with E-state index in [4.69, 9.17) is 17.0 Å². The zero-order chi connectivity index (χ0) is 21.9. The van der Waals surface area contributed by atoms with Gasteiger partial charge in [0.1, 0.15) is 6.10 Å². The molecule has 3 rings (SSSR count). The van der Waals surface area contributed by atoms with Crippen LogP contribution in [-0.4, -0.2) is 76.9 Å². The predicted octanol–water partition coefficient (Wildman–Crippen LogP) is 3.38. The van der Waals surface area contributed by atoms with Crippen LogP contribution in [0.4, 0.5) is 0 Å². The Bertz CT molecular complexity index is 718. The lowest BCUT2D eigenvalue weighted by atomic mass is 9.99. The van der Waals surface area contributed by atoms with Crippen LogP contribution < -0.4 is 5.43 Å². The second-order valence-corrected chi connectivity index (χ2v) is 8.35. The van der Waals surface area contributed by atoms with Crippen molar-refractivity contribution in [2.75, 3.05) is 32.8 Å². The van der Waals surface area contributed by atoms with Crippen LogP contribution in [0.2, 0.25) is 0 Å². The molecule has 0 aromatic rings. The van der Waals surface area contributed by atoms with Crippen molar-refractivity contribution in [3.05, 3.63) is 36.6 Å². The first-order chi connectivity index (χ1) is 14.6. The van der Waals surface area contributed by atoms with E-state index in [1.807, 2.05) is 39.1 Å². The minimum atomic E-state index is -0.0305. The molecule has 2 fully saturated rings. The Morgan fingerprint density at radius 2 is 2.20 bits per heavy atom. The summed E-state index contributed by atoms with van der Waals surface area (Å²) >= 11 is 5.60. The van der Waals surface area contributed by atoms with Crippen molar-refractivity contribution < 1.29 is 4.74 Å². The fraction of sp³-hybridized carbons (Fsp3) is 0.591. The summed E-state index contributed by atoms with van der Waals surface area (Å²) in [4.78, 5) is 9.16. The highest BCUT2D eigenvalue weighted by molar-refractivity contribution is 7.80. The molecular formula is C22H36N5OPS. The highest BCUT2D eigenvalue weighted by Crippen LogP contribution is 2.22. The van der Waals surface area contributed by atoms with E-state index in [0.717, 1.165) is 44.0 Å². The molecule has 6 nitrogen and oxygen atoms in total. The molecule has 0 radical (unpaired) electrons. The lowest BCUT2D eigenvalue weighted by molar-refractivity contribution is 0.103. The standard InChI is InChI=1S/C20H30N5OPS.C2H6/c1-3-4-5-6-10-24-11-12-25(14-15(24)2)20(28)23-22-16-8-13-26-19-17(27)7-9-21-18(16)19;1-2/h3-7,9,15,17,19H,8,10-14,27H2,1-2H3,(H,23,28);1-2H3/b4-3-,6-5-,22-16-;. The molecule has 166 valence electrons. The molecule has 0 saturated carbocycles. The molecule has 3 heterocycles. The summed E-state index contributed by atoms with van der Waals surface area (Å²) in [5, 5.41) is 5.27. The summed E-state index contributed by atoms with van der Waals surface area (Å²) < 4.78 is 5.85. The van der Waals surface area contributed by atoms with Gasteiger partial charge in [0, 0.05) is 50.5 Å². The van der Waals surface area contributed by atoms with Gasteiger partial charge in [-0.1, -0.05) is 44.2 Å². The van der Waals surface area contributed by atoms with Gasteiger partial charge in [0.25, 0.3) is 0 Å². The molecule has 4 unspecified atom stereocenters. The van der Waals surface area contributed by atoms with E-state index in [2.05, 4.69) is 59.7 Å². The van der Waals surface area contributed by atoms with Crippen LogP contribution in [0, 0.1) is 0 Å². The van der Waals surface area contributed by atoms with E-state index in [0.29, 0.717) is 17.8 Å². The fourth-order valence-electron chi connectivity index (χ4n) is 3.55. The zero-order valence-electron chi connectivity index (χ0n) is 18.6. The third-order valence-corrected chi connectivity index (χ3v) is 6.11. The van der Waals surface area contributed by atoms with Crippen LogP contribution in [-0.2, 0) is 4.74 Å². The van der Waals surface area contributed by atoms with Crippen molar-refractivity contribution in [2.45, 2.75) is 51.9 Å². The molecule has 3 aliphatic rings. The van der Waals surface area contributed by atoms with Crippen molar-refractivity contribution in [1.29, 1.82) is 0 Å². The maximum atomic E-state index is 5.85. The second kappa shape index (κ2) is 13.1. The topological polar surface area (TPSA) is 52.5 Å². The SMILES string of the molecule is C/C=C\C=C/CN1CCN(C(=S)N/N=C2/CCOC3C2=NC=CC3P)CC1C.CC. The van der Waals surface area contributed by atoms with E-state index in [1.165, 1.54) is 0 Å². The molecule has 4 atom stereocenters. The quantitative estimate of drug-likeness (QED) is 0.309. The van der Waals surface area contributed by atoms with Crippen LogP contribution in [0.15, 0.2) is 46.7 Å². The largest absolute Gasteiger partial charge is 0.370 e. The minimum absolute atomic E-state index is 0.0305. The molecule has 8 heteroatoms. The van der Waals surface area contributed by atoms with Crippen molar-refractivity contribution in [3.8, 4) is 0 Å². The summed E-state index contributed by atoms with van der Waals surface area (Å²) in [7, 11) is 2.80. The Morgan fingerprint density at radius 3 is 2.93 bits per heavy atom. The zero-order valence-corrected chi connectivity index (χ0v) is 20.6. The summed E-state index contributed by atoms with van der Waals surface area (Å²) in [6.45, 7) is 12.7. The van der Waals surface area contributed by atoms with Crippen LogP contribution >= 0.6 is 21.5 Å². The van der Waals surface area contributed by atoms with Gasteiger partial charge in [-0.25, -0.2) is 0 Å². The van der Waals surface area contributed by atoms with Crippen molar-refractivity contribution in [3.63, 3.8) is 0 Å². The first kappa shape index (κ1) is 24.9. The number of fused-ring (bicyclic) bond motifs is 1. The number of hydrogen-bond acceptors (Lipinski definition) is 5. The monoisotopic (exact) mass is 449 g/mol. The van der Waals surface area contributed by atoms with Gasteiger partial charge in [-0.3, -0.25) is 15.3 Å². The average molecular weight is 450 g/mol. The minimum Gasteiger partial charge on any atom is -0.370 e. The first-order valence-corrected chi connectivity index (χ1v) is 11.9. The number of hydrazone groups is 1. The number of ether oxygens (including phenoxy) is 1. The number of rotatable bonds is 4. The molecule has 0 amide bonds. The van der Waals surface area contributed by atoms with Crippen molar-refractivity contribution in [2.24, 2.45) is 10.1 Å². The summed E-state index contributed by atoms with van der Waals surface area (Å²) in [5.74, 6) is 0. The summed E-state index contributed by atoms with van der Waals surface area (Å²) in [5.41, 5.74) is 5.19. The van der Waals surface area contributed by atoms with Crippen LogP contribution in [0.3, 0.4) is 0 Å². The molecule has 0 aromatic carbocycles. The number of nitrogens with zero attached hydrogens (tertiary/aromatic N) is 4. The van der Waals surface area contributed by atoms with Gasteiger partial charge in [-0.2, -0.15) is 5.10 Å². The Kier molecular flexibility index (Phi) is 10.9. The second-order valence-electron chi connectivity index (χ2n) is 7.19. The van der Waals surface area contributed by atoms with E-state index < -0.39 is 0 Å². The van der Waals surface area contributed by atoms with Gasteiger partial charge in [0.2, 0.25) is 0 Å². The van der Waals surface area contributed by atoms with Crippen LogP contribution in [0.25, 0.3) is 0 Å². The lowest BCUT2D eigenvalue weighted by Crippen LogP contribution is -2.55. The van der Waals surface area contributed by atoms with Crippen LogP contribution in [0.1, 0.15) is 34.1 Å². The van der Waals surface area contributed by atoms with E-state index in [-0.39, 0.29) is 11.8 Å². The molecule has 1 N–H and O–H groups in total. The van der Waals surface area contributed by atoms with Gasteiger partial charge < -0.3 is 9.64 Å². The van der Waals surface area contributed by atoms with Gasteiger partial charge in [-0.05, 0) is 26.1 Å². The third-order valence-electron chi connectivity index (χ3n) is 5.19. The summed E-state index contributed by atoms with van der Waals surface area (Å²) in [6, 6.07) is 0.439. The normalized spacial score (nSPS) is 28.3. The Labute approximate surface area is 189 Å². The third kappa shape index (κ3) is 6.81. The van der Waals surface area contributed by atoms with Gasteiger partial charge in [0.15, 0.2) is 5.11 Å². The molecular weight excluding hydrogens is 413 g/mol. The van der Waals surface area contributed by atoms with Crippen molar-refractivity contribution >= 4 is 38.0 Å². The number of thiocarbonyl (C=S) groups is 1. The number of allylic oxidation sites excluding steroid dienone is 3. The maximum absolute atomic E-state index is 5.85. The molecule has 0 aromatic heterocycles. The van der Waals surface area contributed by atoms with Crippen molar-refractivity contribution in [1.82, 2.24) is 15.2 Å². The average Bonchev–Trinajstić information content (AvgIpc) is 2.77.